The monoisotopic (exact) mass is 351 g/mol. The summed E-state index contributed by atoms with van der Waals surface area (Å²) in [5.74, 6) is 1.97. The molecule has 1 aliphatic rings. The number of ether oxygens (including phenoxy) is 2. The Morgan fingerprint density at radius 3 is 2.81 bits per heavy atom. The molecule has 1 fully saturated rings. The summed E-state index contributed by atoms with van der Waals surface area (Å²) in [7, 11) is 3.15. The number of methoxy groups -OCH3 is 2. The molecule has 1 aromatic heterocycles. The minimum absolute atomic E-state index is 0.0486. The SMILES string of the molecule is COc1ccc(C(=O)N2CCCC2c2nc3ccccc3[nH]2)c(OC)c1. The van der Waals surface area contributed by atoms with Gasteiger partial charge in [0, 0.05) is 12.6 Å². The van der Waals surface area contributed by atoms with Crippen molar-refractivity contribution in [3.8, 4) is 11.5 Å². The van der Waals surface area contributed by atoms with Crippen LogP contribution < -0.4 is 9.47 Å². The van der Waals surface area contributed by atoms with Crippen molar-refractivity contribution in [2.75, 3.05) is 20.8 Å². The molecule has 2 heterocycles. The van der Waals surface area contributed by atoms with Gasteiger partial charge in [0.1, 0.15) is 17.3 Å². The highest BCUT2D eigenvalue weighted by Gasteiger charge is 2.33. The van der Waals surface area contributed by atoms with E-state index in [4.69, 9.17) is 14.5 Å². The number of fused-ring (bicyclic) bond motifs is 1. The summed E-state index contributed by atoms with van der Waals surface area (Å²) in [4.78, 5) is 23.1. The van der Waals surface area contributed by atoms with Crippen LogP contribution in [0.3, 0.4) is 0 Å². The van der Waals surface area contributed by atoms with E-state index in [1.165, 1.54) is 0 Å². The number of benzene rings is 2. The summed E-state index contributed by atoms with van der Waals surface area (Å²) in [6.45, 7) is 0.704. The second-order valence-electron chi connectivity index (χ2n) is 6.36. The minimum atomic E-state index is -0.0540. The molecule has 0 saturated carbocycles. The van der Waals surface area contributed by atoms with Crippen LogP contribution in [-0.2, 0) is 0 Å². The van der Waals surface area contributed by atoms with Crippen molar-refractivity contribution < 1.29 is 14.3 Å². The number of H-pyrrole nitrogens is 1. The number of hydrogen-bond donors (Lipinski definition) is 1. The summed E-state index contributed by atoms with van der Waals surface area (Å²) in [5.41, 5.74) is 2.45. The van der Waals surface area contributed by atoms with Crippen molar-refractivity contribution in [3.63, 3.8) is 0 Å². The van der Waals surface area contributed by atoms with E-state index in [1.54, 1.807) is 32.4 Å². The molecule has 6 nitrogen and oxygen atoms in total. The molecule has 1 N–H and O–H groups in total. The Morgan fingerprint density at radius 2 is 2.04 bits per heavy atom. The number of nitrogens with zero attached hydrogens (tertiary/aromatic N) is 2. The quantitative estimate of drug-likeness (QED) is 0.780. The lowest BCUT2D eigenvalue weighted by Crippen LogP contribution is -2.31. The summed E-state index contributed by atoms with van der Waals surface area (Å²) in [6, 6.07) is 13.1. The van der Waals surface area contributed by atoms with Gasteiger partial charge < -0.3 is 19.4 Å². The highest BCUT2D eigenvalue weighted by atomic mass is 16.5. The summed E-state index contributed by atoms with van der Waals surface area (Å²) < 4.78 is 10.6. The molecule has 1 unspecified atom stereocenters. The van der Waals surface area contributed by atoms with Crippen LogP contribution in [0, 0.1) is 0 Å². The van der Waals surface area contributed by atoms with Crippen molar-refractivity contribution in [3.05, 3.63) is 53.9 Å². The number of imidazole rings is 1. The molecule has 1 atom stereocenters. The lowest BCUT2D eigenvalue weighted by atomic mass is 10.1. The van der Waals surface area contributed by atoms with E-state index in [2.05, 4.69) is 4.98 Å². The average Bonchev–Trinajstić information content (AvgIpc) is 3.33. The highest BCUT2D eigenvalue weighted by molar-refractivity contribution is 5.97. The van der Waals surface area contributed by atoms with E-state index < -0.39 is 0 Å². The summed E-state index contributed by atoms with van der Waals surface area (Å²) >= 11 is 0. The number of hydrogen-bond acceptors (Lipinski definition) is 4. The first-order valence-corrected chi connectivity index (χ1v) is 8.69. The molecule has 26 heavy (non-hydrogen) atoms. The van der Waals surface area contributed by atoms with Crippen LogP contribution in [0.2, 0.25) is 0 Å². The van der Waals surface area contributed by atoms with E-state index in [1.807, 2.05) is 29.2 Å². The molecular weight excluding hydrogens is 330 g/mol. The molecule has 1 amide bonds. The van der Waals surface area contributed by atoms with Crippen LogP contribution in [0.1, 0.15) is 35.1 Å². The smallest absolute Gasteiger partial charge is 0.258 e. The van der Waals surface area contributed by atoms with Gasteiger partial charge in [-0.3, -0.25) is 4.79 Å². The van der Waals surface area contributed by atoms with Crippen LogP contribution in [0.15, 0.2) is 42.5 Å². The molecule has 0 radical (unpaired) electrons. The Balaban J connectivity index is 1.67. The van der Waals surface area contributed by atoms with Gasteiger partial charge >= 0.3 is 0 Å². The minimum Gasteiger partial charge on any atom is -0.497 e. The second-order valence-corrected chi connectivity index (χ2v) is 6.36. The first-order chi connectivity index (χ1) is 12.7. The molecule has 3 aromatic rings. The van der Waals surface area contributed by atoms with Gasteiger partial charge in [-0.25, -0.2) is 4.98 Å². The maximum absolute atomic E-state index is 13.2. The largest absolute Gasteiger partial charge is 0.497 e. The van der Waals surface area contributed by atoms with Crippen LogP contribution in [-0.4, -0.2) is 41.5 Å². The summed E-state index contributed by atoms with van der Waals surface area (Å²) in [6.07, 6.45) is 1.84. The Kier molecular flexibility index (Phi) is 4.24. The number of para-hydroxylation sites is 2. The van der Waals surface area contributed by atoms with Crippen LogP contribution in [0.5, 0.6) is 11.5 Å². The van der Waals surface area contributed by atoms with Crippen LogP contribution in [0.25, 0.3) is 11.0 Å². The van der Waals surface area contributed by atoms with E-state index in [-0.39, 0.29) is 11.9 Å². The van der Waals surface area contributed by atoms with Crippen molar-refractivity contribution in [2.24, 2.45) is 0 Å². The molecule has 4 rings (SSSR count). The van der Waals surface area contributed by atoms with Crippen molar-refractivity contribution >= 4 is 16.9 Å². The standard InChI is InChI=1S/C20H21N3O3/c1-25-13-9-10-14(18(12-13)26-2)20(24)23-11-5-8-17(23)19-21-15-6-3-4-7-16(15)22-19/h3-4,6-7,9-10,12,17H,5,8,11H2,1-2H3,(H,21,22). The topological polar surface area (TPSA) is 67.5 Å². The van der Waals surface area contributed by atoms with Gasteiger partial charge in [-0.15, -0.1) is 0 Å². The maximum Gasteiger partial charge on any atom is 0.258 e. The second kappa shape index (κ2) is 6.71. The zero-order valence-electron chi connectivity index (χ0n) is 14.9. The van der Waals surface area contributed by atoms with E-state index in [9.17, 15) is 4.79 Å². The Bertz CT molecular complexity index is 917. The van der Waals surface area contributed by atoms with E-state index >= 15 is 0 Å². The molecule has 134 valence electrons. The molecule has 0 aliphatic carbocycles. The van der Waals surface area contributed by atoms with Crippen LogP contribution >= 0.6 is 0 Å². The first-order valence-electron chi connectivity index (χ1n) is 8.69. The number of nitrogens with one attached hydrogen (secondary N) is 1. The van der Waals surface area contributed by atoms with Crippen molar-refractivity contribution in [2.45, 2.75) is 18.9 Å². The van der Waals surface area contributed by atoms with Gasteiger partial charge in [-0.2, -0.15) is 0 Å². The zero-order chi connectivity index (χ0) is 18.1. The fourth-order valence-electron chi connectivity index (χ4n) is 3.55. The number of likely N-dealkylation sites (tertiary alicyclic amines) is 1. The predicted molar refractivity (Wildman–Crippen MR) is 98.7 cm³/mol. The van der Waals surface area contributed by atoms with Gasteiger partial charge in [0.15, 0.2) is 0 Å². The van der Waals surface area contributed by atoms with Crippen molar-refractivity contribution in [1.82, 2.24) is 14.9 Å². The molecule has 0 spiro atoms. The number of carbonyl (C=O) groups is 1. The van der Waals surface area contributed by atoms with Crippen molar-refractivity contribution in [1.29, 1.82) is 0 Å². The third-order valence-electron chi connectivity index (χ3n) is 4.88. The normalized spacial score (nSPS) is 16.8. The van der Waals surface area contributed by atoms with E-state index in [0.717, 1.165) is 29.7 Å². The molecule has 6 heteroatoms. The van der Waals surface area contributed by atoms with Crippen LogP contribution in [0.4, 0.5) is 0 Å². The number of aromatic amines is 1. The Hall–Kier alpha value is -3.02. The molecule has 1 saturated heterocycles. The Labute approximate surface area is 151 Å². The van der Waals surface area contributed by atoms with E-state index in [0.29, 0.717) is 23.6 Å². The highest BCUT2D eigenvalue weighted by Crippen LogP contribution is 2.35. The fraction of sp³-hybridized carbons (Fsp3) is 0.300. The number of amides is 1. The van der Waals surface area contributed by atoms with Gasteiger partial charge in [0.25, 0.3) is 5.91 Å². The number of aromatic nitrogens is 2. The lowest BCUT2D eigenvalue weighted by molar-refractivity contribution is 0.0727. The fourth-order valence-corrected chi connectivity index (χ4v) is 3.55. The first kappa shape index (κ1) is 16.4. The molecule has 2 aromatic carbocycles. The zero-order valence-corrected chi connectivity index (χ0v) is 14.9. The van der Waals surface area contributed by atoms with Gasteiger partial charge in [0.2, 0.25) is 0 Å². The van der Waals surface area contributed by atoms with Gasteiger partial charge in [-0.1, -0.05) is 12.1 Å². The number of carbonyl (C=O) groups excluding carboxylic acids is 1. The molecule has 0 bridgehead atoms. The third kappa shape index (κ3) is 2.77. The molecular formula is C20H21N3O3. The van der Waals surface area contributed by atoms with Gasteiger partial charge in [-0.05, 0) is 37.1 Å². The van der Waals surface area contributed by atoms with Gasteiger partial charge in [0.05, 0.1) is 36.9 Å². The third-order valence-corrected chi connectivity index (χ3v) is 4.88. The number of rotatable bonds is 4. The molecule has 1 aliphatic heterocycles. The predicted octanol–water partition coefficient (Wildman–Crippen LogP) is 3.56. The maximum atomic E-state index is 13.2. The lowest BCUT2D eigenvalue weighted by Gasteiger charge is -2.24. The Morgan fingerprint density at radius 1 is 1.19 bits per heavy atom. The average molecular weight is 351 g/mol. The summed E-state index contributed by atoms with van der Waals surface area (Å²) in [5, 5.41) is 0.